The van der Waals surface area contributed by atoms with Crippen LogP contribution >= 0.6 is 11.6 Å². The van der Waals surface area contributed by atoms with Gasteiger partial charge in [-0.25, -0.2) is 9.97 Å². The van der Waals surface area contributed by atoms with Crippen molar-refractivity contribution in [3.05, 3.63) is 63.3 Å². The number of pyridine rings is 1. The lowest BCUT2D eigenvalue weighted by Crippen LogP contribution is -2.33. The second-order valence-electron chi connectivity index (χ2n) is 7.05. The molecule has 0 radical (unpaired) electrons. The molecule has 1 aromatic carbocycles. The molecule has 2 aromatic heterocycles. The molecule has 2 heterocycles. The van der Waals surface area contributed by atoms with Gasteiger partial charge in [-0.05, 0) is 68.0 Å². The van der Waals surface area contributed by atoms with E-state index >= 15 is 0 Å². The quantitative estimate of drug-likeness (QED) is 0.725. The summed E-state index contributed by atoms with van der Waals surface area (Å²) in [4.78, 5) is 34.9. The van der Waals surface area contributed by atoms with Gasteiger partial charge in [0.05, 0.1) is 5.39 Å². The Hall–Kier alpha value is -2.73. The van der Waals surface area contributed by atoms with E-state index in [0.29, 0.717) is 28.2 Å². The van der Waals surface area contributed by atoms with Gasteiger partial charge in [-0.3, -0.25) is 14.2 Å². The molecule has 28 heavy (non-hydrogen) atoms. The van der Waals surface area contributed by atoms with E-state index in [2.05, 4.69) is 15.3 Å². The zero-order valence-electron chi connectivity index (χ0n) is 15.6. The normalized spacial score (nSPS) is 14.5. The monoisotopic (exact) mass is 396 g/mol. The molecular weight excluding hydrogens is 376 g/mol. The second kappa shape index (κ2) is 7.72. The highest BCUT2D eigenvalue weighted by molar-refractivity contribution is 6.30. The summed E-state index contributed by atoms with van der Waals surface area (Å²) in [5.41, 5.74) is 3.01. The molecule has 0 saturated heterocycles. The summed E-state index contributed by atoms with van der Waals surface area (Å²) >= 11 is 5.89. The van der Waals surface area contributed by atoms with E-state index in [0.717, 1.165) is 36.9 Å². The molecule has 1 atom stereocenters. The number of carbonyl (C=O) groups excluding carboxylic acids is 1. The fourth-order valence-corrected chi connectivity index (χ4v) is 3.80. The number of amides is 1. The minimum absolute atomic E-state index is 0.232. The maximum absolute atomic E-state index is 13.1. The Morgan fingerprint density at radius 2 is 2.00 bits per heavy atom. The number of hydrogen-bond donors (Lipinski definition) is 1. The van der Waals surface area contributed by atoms with Crippen LogP contribution in [0.2, 0.25) is 5.02 Å². The molecule has 0 bridgehead atoms. The number of aryl methyl sites for hydroxylation is 2. The zero-order valence-corrected chi connectivity index (χ0v) is 16.4. The third kappa shape index (κ3) is 3.52. The van der Waals surface area contributed by atoms with Crippen molar-refractivity contribution in [2.24, 2.45) is 0 Å². The molecule has 0 saturated carbocycles. The smallest absolute Gasteiger partial charge is 0.263 e. The first-order valence-electron chi connectivity index (χ1n) is 9.53. The van der Waals surface area contributed by atoms with Gasteiger partial charge in [0, 0.05) is 16.4 Å². The fourth-order valence-electron chi connectivity index (χ4n) is 3.68. The summed E-state index contributed by atoms with van der Waals surface area (Å²) in [6, 6.07) is 8.12. The SMILES string of the molecule is CC[C@H](C(=O)Nc1ccc(Cl)cc1)n1cnc2nc3c(cc2c1=O)CCCC3. The Morgan fingerprint density at radius 1 is 1.25 bits per heavy atom. The molecule has 1 aliphatic carbocycles. The second-order valence-corrected chi connectivity index (χ2v) is 7.49. The average molecular weight is 397 g/mol. The zero-order chi connectivity index (χ0) is 19.7. The molecule has 144 valence electrons. The van der Waals surface area contributed by atoms with Gasteiger partial charge >= 0.3 is 0 Å². The van der Waals surface area contributed by atoms with Gasteiger partial charge in [0.2, 0.25) is 5.91 Å². The van der Waals surface area contributed by atoms with Gasteiger partial charge in [-0.2, -0.15) is 0 Å². The lowest BCUT2D eigenvalue weighted by molar-refractivity contribution is -0.119. The van der Waals surface area contributed by atoms with E-state index in [-0.39, 0.29) is 11.5 Å². The van der Waals surface area contributed by atoms with Crippen molar-refractivity contribution < 1.29 is 4.79 Å². The van der Waals surface area contributed by atoms with Crippen molar-refractivity contribution >= 4 is 34.2 Å². The minimum atomic E-state index is -0.656. The van der Waals surface area contributed by atoms with Gasteiger partial charge in [-0.1, -0.05) is 18.5 Å². The number of nitrogens with one attached hydrogen (secondary N) is 1. The first-order chi connectivity index (χ1) is 13.6. The van der Waals surface area contributed by atoms with Crippen molar-refractivity contribution in [3.8, 4) is 0 Å². The first-order valence-corrected chi connectivity index (χ1v) is 9.90. The van der Waals surface area contributed by atoms with E-state index in [1.165, 1.54) is 10.9 Å². The number of nitrogens with zero attached hydrogens (tertiary/aromatic N) is 3. The van der Waals surface area contributed by atoms with Gasteiger partial charge in [0.15, 0.2) is 5.65 Å². The van der Waals surface area contributed by atoms with E-state index < -0.39 is 6.04 Å². The minimum Gasteiger partial charge on any atom is -0.324 e. The number of aromatic nitrogens is 3. The number of fused-ring (bicyclic) bond motifs is 2. The number of halogens is 1. The van der Waals surface area contributed by atoms with Crippen LogP contribution in [0.4, 0.5) is 5.69 Å². The number of anilines is 1. The topological polar surface area (TPSA) is 76.9 Å². The molecule has 4 rings (SSSR count). The van der Waals surface area contributed by atoms with E-state index in [9.17, 15) is 9.59 Å². The van der Waals surface area contributed by atoms with Crippen LogP contribution in [-0.4, -0.2) is 20.4 Å². The van der Waals surface area contributed by atoms with Crippen molar-refractivity contribution in [2.45, 2.75) is 45.1 Å². The van der Waals surface area contributed by atoms with Crippen LogP contribution in [0, 0.1) is 0 Å². The van der Waals surface area contributed by atoms with Crippen molar-refractivity contribution in [1.29, 1.82) is 0 Å². The number of hydrogen-bond acceptors (Lipinski definition) is 4. The van der Waals surface area contributed by atoms with Gasteiger partial charge < -0.3 is 5.32 Å². The highest BCUT2D eigenvalue weighted by Gasteiger charge is 2.22. The summed E-state index contributed by atoms with van der Waals surface area (Å²) in [5, 5.41) is 3.91. The van der Waals surface area contributed by atoms with Crippen molar-refractivity contribution in [2.75, 3.05) is 5.32 Å². The van der Waals surface area contributed by atoms with E-state index in [1.54, 1.807) is 24.3 Å². The average Bonchev–Trinajstić information content (AvgIpc) is 2.71. The summed E-state index contributed by atoms with van der Waals surface area (Å²) < 4.78 is 1.41. The lowest BCUT2D eigenvalue weighted by Gasteiger charge is -2.19. The Morgan fingerprint density at radius 3 is 2.75 bits per heavy atom. The third-order valence-corrected chi connectivity index (χ3v) is 5.44. The molecule has 1 amide bonds. The van der Waals surface area contributed by atoms with E-state index in [4.69, 9.17) is 11.6 Å². The highest BCUT2D eigenvalue weighted by atomic mass is 35.5. The number of benzene rings is 1. The van der Waals surface area contributed by atoms with Crippen LogP contribution in [0.3, 0.4) is 0 Å². The van der Waals surface area contributed by atoms with Crippen molar-refractivity contribution in [3.63, 3.8) is 0 Å². The van der Waals surface area contributed by atoms with Crippen LogP contribution in [0.1, 0.15) is 43.5 Å². The molecule has 0 aliphatic heterocycles. The Bertz CT molecular complexity index is 1090. The maximum Gasteiger partial charge on any atom is 0.263 e. The van der Waals surface area contributed by atoms with E-state index in [1.807, 2.05) is 13.0 Å². The van der Waals surface area contributed by atoms with Crippen LogP contribution in [0.15, 0.2) is 41.5 Å². The molecule has 0 unspecified atom stereocenters. The van der Waals surface area contributed by atoms with Crippen LogP contribution in [0.5, 0.6) is 0 Å². The summed E-state index contributed by atoms with van der Waals surface area (Å²) in [6.07, 6.45) is 5.98. The first kappa shape index (κ1) is 18.6. The molecule has 0 spiro atoms. The Kier molecular flexibility index (Phi) is 5.13. The predicted molar refractivity (Wildman–Crippen MR) is 110 cm³/mol. The largest absolute Gasteiger partial charge is 0.324 e. The lowest BCUT2D eigenvalue weighted by atomic mass is 9.95. The maximum atomic E-state index is 13.1. The molecule has 0 fully saturated rings. The standard InChI is InChI=1S/C21H21ClN4O2/c1-2-18(20(27)24-15-9-7-14(22)8-10-15)26-12-23-19-16(21(26)28)11-13-5-3-4-6-17(13)25-19/h7-12,18H,2-6H2,1H3,(H,24,27)/t18-/m1/s1. The summed E-state index contributed by atoms with van der Waals surface area (Å²) in [7, 11) is 0. The third-order valence-electron chi connectivity index (χ3n) is 5.19. The molecule has 6 nitrogen and oxygen atoms in total. The molecule has 3 aromatic rings. The number of carbonyl (C=O) groups is 1. The van der Waals surface area contributed by atoms with Gasteiger partial charge in [0.1, 0.15) is 12.4 Å². The molecular formula is C21H21ClN4O2. The summed E-state index contributed by atoms with van der Waals surface area (Å²) in [5.74, 6) is -0.265. The van der Waals surface area contributed by atoms with Crippen LogP contribution in [0.25, 0.3) is 11.0 Å². The predicted octanol–water partition coefficient (Wildman–Crippen LogP) is 3.91. The fraction of sp³-hybridized carbons (Fsp3) is 0.333. The molecule has 1 N–H and O–H groups in total. The molecule has 1 aliphatic rings. The number of rotatable bonds is 4. The van der Waals surface area contributed by atoms with Crippen molar-refractivity contribution in [1.82, 2.24) is 14.5 Å². The Labute approximate surface area is 167 Å². The highest BCUT2D eigenvalue weighted by Crippen LogP contribution is 2.22. The Balaban J connectivity index is 1.69. The van der Waals surface area contributed by atoms with Crippen LogP contribution in [-0.2, 0) is 17.6 Å². The van der Waals surface area contributed by atoms with Crippen LogP contribution < -0.4 is 10.9 Å². The van der Waals surface area contributed by atoms with Gasteiger partial charge in [-0.15, -0.1) is 0 Å². The molecule has 7 heteroatoms. The van der Waals surface area contributed by atoms with Gasteiger partial charge in [0.25, 0.3) is 5.56 Å². The summed E-state index contributed by atoms with van der Waals surface area (Å²) in [6.45, 7) is 1.87.